The fourth-order valence-corrected chi connectivity index (χ4v) is 3.54. The highest BCUT2D eigenvalue weighted by molar-refractivity contribution is 7.09. The van der Waals surface area contributed by atoms with Gasteiger partial charge in [0.25, 0.3) is 0 Å². The molecule has 6 nitrogen and oxygen atoms in total. The van der Waals surface area contributed by atoms with E-state index in [1.54, 1.807) is 4.90 Å². The van der Waals surface area contributed by atoms with E-state index in [2.05, 4.69) is 4.98 Å². The third-order valence-corrected chi connectivity index (χ3v) is 4.95. The minimum atomic E-state index is -0.450. The van der Waals surface area contributed by atoms with Gasteiger partial charge in [0.1, 0.15) is 11.0 Å². The first kappa shape index (κ1) is 16.9. The van der Waals surface area contributed by atoms with Crippen molar-refractivity contribution in [2.24, 2.45) is 11.7 Å². The summed E-state index contributed by atoms with van der Waals surface area (Å²) in [5, 5.41) is 2.72. The van der Waals surface area contributed by atoms with Gasteiger partial charge in [-0.1, -0.05) is 13.8 Å². The molecule has 122 valence electrons. The number of thiazole rings is 1. The Kier molecular flexibility index (Phi) is 5.52. The van der Waals surface area contributed by atoms with E-state index in [9.17, 15) is 9.59 Å². The molecule has 0 saturated carbocycles. The summed E-state index contributed by atoms with van der Waals surface area (Å²) in [7, 11) is 1.35. The van der Waals surface area contributed by atoms with Crippen molar-refractivity contribution in [1.82, 2.24) is 9.88 Å². The van der Waals surface area contributed by atoms with Crippen LogP contribution in [0, 0.1) is 5.92 Å². The number of amides is 1. The lowest BCUT2D eigenvalue weighted by Crippen LogP contribution is -2.41. The molecule has 0 spiro atoms. The van der Waals surface area contributed by atoms with Gasteiger partial charge in [-0.25, -0.2) is 9.78 Å². The second-order valence-corrected chi connectivity index (χ2v) is 6.78. The summed E-state index contributed by atoms with van der Waals surface area (Å²) < 4.78 is 4.76. The number of hydrogen-bond acceptors (Lipinski definition) is 6. The van der Waals surface area contributed by atoms with E-state index >= 15 is 0 Å². The number of carbonyl (C=O) groups is 2. The van der Waals surface area contributed by atoms with Crippen molar-refractivity contribution >= 4 is 23.2 Å². The van der Waals surface area contributed by atoms with E-state index < -0.39 is 6.04 Å². The van der Waals surface area contributed by atoms with Gasteiger partial charge in [0.2, 0.25) is 5.91 Å². The smallest absolute Gasteiger partial charge is 0.328 e. The largest absolute Gasteiger partial charge is 0.467 e. The Balaban J connectivity index is 2.01. The second-order valence-electron chi connectivity index (χ2n) is 5.89. The van der Waals surface area contributed by atoms with Crippen molar-refractivity contribution in [3.8, 4) is 0 Å². The summed E-state index contributed by atoms with van der Waals surface area (Å²) in [6.45, 7) is 4.69. The van der Waals surface area contributed by atoms with E-state index in [0.717, 1.165) is 17.1 Å². The average molecular weight is 325 g/mol. The van der Waals surface area contributed by atoms with Crippen LogP contribution in [0.3, 0.4) is 0 Å². The first-order chi connectivity index (χ1) is 10.4. The molecule has 1 aliphatic rings. The van der Waals surface area contributed by atoms with Crippen LogP contribution in [0.1, 0.15) is 43.4 Å². The van der Waals surface area contributed by atoms with Crippen molar-refractivity contribution in [2.75, 3.05) is 13.7 Å². The quantitative estimate of drug-likeness (QED) is 0.829. The van der Waals surface area contributed by atoms with Gasteiger partial charge in [-0.05, 0) is 18.8 Å². The maximum Gasteiger partial charge on any atom is 0.328 e. The molecule has 1 amide bonds. The van der Waals surface area contributed by atoms with Crippen LogP contribution in [0.15, 0.2) is 5.38 Å². The summed E-state index contributed by atoms with van der Waals surface area (Å²) in [5.41, 5.74) is 6.79. The second kappa shape index (κ2) is 7.19. The Morgan fingerprint density at radius 2 is 2.27 bits per heavy atom. The monoisotopic (exact) mass is 325 g/mol. The lowest BCUT2D eigenvalue weighted by Gasteiger charge is -2.22. The Morgan fingerprint density at radius 1 is 1.55 bits per heavy atom. The zero-order valence-electron chi connectivity index (χ0n) is 13.2. The van der Waals surface area contributed by atoms with Crippen LogP contribution >= 0.6 is 11.3 Å². The maximum atomic E-state index is 12.4. The van der Waals surface area contributed by atoms with E-state index in [-0.39, 0.29) is 24.3 Å². The average Bonchev–Trinajstić information content (AvgIpc) is 3.14. The highest BCUT2D eigenvalue weighted by atomic mass is 32.1. The number of methoxy groups -OCH3 is 1. The molecule has 2 atom stereocenters. The summed E-state index contributed by atoms with van der Waals surface area (Å²) in [5.74, 6) is -0.119. The number of carbonyl (C=O) groups excluding carboxylic acids is 2. The van der Waals surface area contributed by atoms with Gasteiger partial charge in [0.15, 0.2) is 0 Å². The van der Waals surface area contributed by atoms with Gasteiger partial charge in [-0.15, -0.1) is 11.3 Å². The molecule has 1 aliphatic heterocycles. The SMILES string of the molecule is COC(=O)C1CCCN1C(=O)Cc1csc(C(N)C(C)C)n1. The topological polar surface area (TPSA) is 85.5 Å². The molecule has 7 heteroatoms. The number of likely N-dealkylation sites (tertiary alicyclic amines) is 1. The fourth-order valence-electron chi connectivity index (χ4n) is 2.54. The fraction of sp³-hybridized carbons (Fsp3) is 0.667. The molecule has 0 aromatic carbocycles. The van der Waals surface area contributed by atoms with Crippen LogP contribution in [0.5, 0.6) is 0 Å². The molecule has 0 aliphatic carbocycles. The van der Waals surface area contributed by atoms with E-state index in [1.165, 1.54) is 18.4 Å². The van der Waals surface area contributed by atoms with Crippen LogP contribution in [0.25, 0.3) is 0 Å². The van der Waals surface area contributed by atoms with E-state index in [0.29, 0.717) is 18.9 Å². The van der Waals surface area contributed by atoms with Gasteiger partial charge in [0, 0.05) is 11.9 Å². The number of hydrogen-bond donors (Lipinski definition) is 1. The standard InChI is InChI=1S/C15H23N3O3S/c1-9(2)13(16)14-17-10(8-22-14)7-12(19)18-6-4-5-11(18)15(20)21-3/h8-9,11,13H,4-7,16H2,1-3H3. The van der Waals surface area contributed by atoms with Crippen LogP contribution < -0.4 is 5.73 Å². The molecule has 1 aromatic rings. The van der Waals surface area contributed by atoms with Crippen molar-refractivity contribution in [3.63, 3.8) is 0 Å². The maximum absolute atomic E-state index is 12.4. The third-order valence-electron chi connectivity index (χ3n) is 3.95. The van der Waals surface area contributed by atoms with Crippen LogP contribution in [-0.4, -0.2) is 41.5 Å². The number of esters is 1. The van der Waals surface area contributed by atoms with Gasteiger partial charge < -0.3 is 15.4 Å². The Bertz CT molecular complexity index is 544. The van der Waals surface area contributed by atoms with E-state index in [4.69, 9.17) is 10.5 Å². The molecule has 0 radical (unpaired) electrons. The Labute approximate surface area is 134 Å². The first-order valence-electron chi connectivity index (χ1n) is 7.51. The van der Waals surface area contributed by atoms with Gasteiger partial charge in [-0.3, -0.25) is 4.79 Å². The predicted molar refractivity (Wildman–Crippen MR) is 84.3 cm³/mol. The number of nitrogens with two attached hydrogens (primary N) is 1. The molecular weight excluding hydrogens is 302 g/mol. The minimum absolute atomic E-state index is 0.0807. The molecule has 22 heavy (non-hydrogen) atoms. The molecule has 1 aromatic heterocycles. The number of rotatable bonds is 5. The Morgan fingerprint density at radius 3 is 2.91 bits per heavy atom. The lowest BCUT2D eigenvalue weighted by atomic mass is 10.1. The van der Waals surface area contributed by atoms with E-state index in [1.807, 2.05) is 19.2 Å². The summed E-state index contributed by atoms with van der Waals surface area (Å²) >= 11 is 1.48. The predicted octanol–water partition coefficient (Wildman–Crippen LogP) is 1.51. The van der Waals surface area contributed by atoms with Crippen molar-refractivity contribution in [1.29, 1.82) is 0 Å². The van der Waals surface area contributed by atoms with Gasteiger partial charge in [0.05, 0.1) is 25.3 Å². The van der Waals surface area contributed by atoms with Gasteiger partial charge >= 0.3 is 5.97 Å². The molecule has 2 heterocycles. The molecule has 0 bridgehead atoms. The number of nitrogens with zero attached hydrogens (tertiary/aromatic N) is 2. The minimum Gasteiger partial charge on any atom is -0.467 e. The zero-order chi connectivity index (χ0) is 16.3. The van der Waals surface area contributed by atoms with Crippen LogP contribution in [-0.2, 0) is 20.7 Å². The molecule has 2 rings (SSSR count). The highest BCUT2D eigenvalue weighted by Gasteiger charge is 2.34. The first-order valence-corrected chi connectivity index (χ1v) is 8.39. The highest BCUT2D eigenvalue weighted by Crippen LogP contribution is 2.24. The lowest BCUT2D eigenvalue weighted by molar-refractivity contribution is -0.150. The molecule has 2 unspecified atom stereocenters. The van der Waals surface area contributed by atoms with Crippen molar-refractivity contribution in [3.05, 3.63) is 16.1 Å². The molecule has 2 N–H and O–H groups in total. The van der Waals surface area contributed by atoms with Crippen molar-refractivity contribution in [2.45, 2.75) is 45.2 Å². The summed E-state index contributed by atoms with van der Waals surface area (Å²) in [6, 6.07) is -0.558. The molecular formula is C15H23N3O3S. The van der Waals surface area contributed by atoms with Gasteiger partial charge in [-0.2, -0.15) is 0 Å². The normalized spacial score (nSPS) is 19.5. The number of ether oxygens (including phenoxy) is 1. The number of aromatic nitrogens is 1. The third kappa shape index (κ3) is 3.64. The van der Waals surface area contributed by atoms with Crippen molar-refractivity contribution < 1.29 is 14.3 Å². The molecule has 1 fully saturated rings. The van der Waals surface area contributed by atoms with Crippen LogP contribution in [0.2, 0.25) is 0 Å². The zero-order valence-corrected chi connectivity index (χ0v) is 14.1. The summed E-state index contributed by atoms with van der Waals surface area (Å²) in [6.07, 6.45) is 1.69. The Hall–Kier alpha value is -1.47. The summed E-state index contributed by atoms with van der Waals surface area (Å²) in [4.78, 5) is 30.2. The molecule has 1 saturated heterocycles. The van der Waals surface area contributed by atoms with Crippen LogP contribution in [0.4, 0.5) is 0 Å².